The van der Waals surface area contributed by atoms with E-state index in [1.807, 2.05) is 49.3 Å². The van der Waals surface area contributed by atoms with Gasteiger partial charge in [0.05, 0.1) is 10.6 Å². The molecule has 1 amide bonds. The second-order valence-electron chi connectivity index (χ2n) is 8.24. The van der Waals surface area contributed by atoms with Crippen molar-refractivity contribution in [2.24, 2.45) is 0 Å². The zero-order valence-electron chi connectivity index (χ0n) is 18.1. The minimum Gasteiger partial charge on any atom is -0.461 e. The van der Waals surface area contributed by atoms with Gasteiger partial charge in [0.15, 0.2) is 5.60 Å². The van der Waals surface area contributed by atoms with Crippen molar-refractivity contribution in [3.63, 3.8) is 0 Å². The van der Waals surface area contributed by atoms with Gasteiger partial charge in [0.25, 0.3) is 5.91 Å². The molecule has 5 nitrogen and oxygen atoms in total. The number of aromatic nitrogens is 1. The summed E-state index contributed by atoms with van der Waals surface area (Å²) < 4.78 is 45.4. The first-order valence-electron chi connectivity index (χ1n) is 10.1. The Morgan fingerprint density at radius 1 is 1.15 bits per heavy atom. The van der Waals surface area contributed by atoms with E-state index in [0.717, 1.165) is 34.5 Å². The van der Waals surface area contributed by atoms with Crippen molar-refractivity contribution in [1.29, 1.82) is 0 Å². The van der Waals surface area contributed by atoms with Crippen LogP contribution in [-0.2, 0) is 17.4 Å². The number of anilines is 2. The van der Waals surface area contributed by atoms with Gasteiger partial charge in [-0.2, -0.15) is 13.2 Å². The number of carbonyl (C=O) groups is 1. The maximum Gasteiger partial charge on any atom is 0.417 e. The number of halogens is 4. The highest BCUT2D eigenvalue weighted by molar-refractivity contribution is 6.31. The van der Waals surface area contributed by atoms with Gasteiger partial charge in [-0.15, -0.1) is 0 Å². The first kappa shape index (κ1) is 22.9. The predicted octanol–water partition coefficient (Wildman–Crippen LogP) is 5.82. The molecule has 1 aliphatic rings. The van der Waals surface area contributed by atoms with E-state index in [0.29, 0.717) is 5.88 Å². The Morgan fingerprint density at radius 2 is 1.85 bits per heavy atom. The Morgan fingerprint density at radius 3 is 2.48 bits per heavy atom. The van der Waals surface area contributed by atoms with Gasteiger partial charge in [-0.3, -0.25) is 4.79 Å². The SMILES string of the molecule is CN(C)c1ccc(-c2ccnc3c2CC(C)(C(=O)Nc2ccc(Cl)c(C(F)(F)F)c2)O3)cc1. The lowest BCUT2D eigenvalue weighted by molar-refractivity contribution is -0.137. The second-order valence-corrected chi connectivity index (χ2v) is 8.65. The van der Waals surface area contributed by atoms with E-state index in [-0.39, 0.29) is 12.1 Å². The number of carbonyl (C=O) groups excluding carboxylic acids is 1. The van der Waals surface area contributed by atoms with Crippen LogP contribution < -0.4 is 15.0 Å². The van der Waals surface area contributed by atoms with Crippen molar-refractivity contribution in [2.75, 3.05) is 24.3 Å². The summed E-state index contributed by atoms with van der Waals surface area (Å²) in [4.78, 5) is 19.3. The van der Waals surface area contributed by atoms with Crippen LogP contribution in [0.15, 0.2) is 54.7 Å². The van der Waals surface area contributed by atoms with Crippen molar-refractivity contribution in [3.8, 4) is 17.0 Å². The Bertz CT molecular complexity index is 1210. The summed E-state index contributed by atoms with van der Waals surface area (Å²) in [6, 6.07) is 13.0. The van der Waals surface area contributed by atoms with Gasteiger partial charge in [0, 0.05) is 43.7 Å². The van der Waals surface area contributed by atoms with E-state index in [1.165, 1.54) is 6.07 Å². The van der Waals surface area contributed by atoms with Crippen molar-refractivity contribution in [1.82, 2.24) is 4.98 Å². The number of nitrogens with one attached hydrogen (secondary N) is 1. The molecule has 1 aliphatic heterocycles. The molecule has 1 unspecified atom stereocenters. The van der Waals surface area contributed by atoms with Gasteiger partial charge in [-0.05, 0) is 54.4 Å². The van der Waals surface area contributed by atoms with Gasteiger partial charge < -0.3 is 15.0 Å². The molecule has 0 spiro atoms. The average molecular weight is 476 g/mol. The summed E-state index contributed by atoms with van der Waals surface area (Å²) in [7, 11) is 3.91. The number of pyridine rings is 1. The normalized spacial score (nSPS) is 17.3. The van der Waals surface area contributed by atoms with Crippen LogP contribution in [0, 0.1) is 0 Å². The topological polar surface area (TPSA) is 54.5 Å². The third-order valence-electron chi connectivity index (χ3n) is 5.56. The molecule has 0 saturated carbocycles. The molecule has 4 rings (SSSR count). The molecule has 1 atom stereocenters. The number of hydrogen-bond donors (Lipinski definition) is 1. The van der Waals surface area contributed by atoms with Crippen LogP contribution in [0.4, 0.5) is 24.5 Å². The molecule has 2 heterocycles. The maximum absolute atomic E-state index is 13.2. The van der Waals surface area contributed by atoms with Gasteiger partial charge in [-0.25, -0.2) is 4.98 Å². The summed E-state index contributed by atoms with van der Waals surface area (Å²) in [6.07, 6.45) is -2.82. The zero-order valence-corrected chi connectivity index (χ0v) is 18.9. The Balaban J connectivity index is 1.59. The van der Waals surface area contributed by atoms with Crippen LogP contribution in [0.5, 0.6) is 5.88 Å². The summed E-state index contributed by atoms with van der Waals surface area (Å²) in [5, 5.41) is 2.08. The Labute approximate surface area is 194 Å². The molecule has 0 aliphatic carbocycles. The lowest BCUT2D eigenvalue weighted by Crippen LogP contribution is -2.44. The number of hydrogen-bond acceptors (Lipinski definition) is 4. The van der Waals surface area contributed by atoms with Crippen LogP contribution in [0.2, 0.25) is 5.02 Å². The monoisotopic (exact) mass is 475 g/mol. The number of rotatable bonds is 4. The quantitative estimate of drug-likeness (QED) is 0.516. The number of benzene rings is 2. The smallest absolute Gasteiger partial charge is 0.417 e. The maximum atomic E-state index is 13.2. The highest BCUT2D eigenvalue weighted by Gasteiger charge is 2.44. The van der Waals surface area contributed by atoms with Crippen LogP contribution in [0.3, 0.4) is 0 Å². The molecule has 1 N–H and O–H groups in total. The van der Waals surface area contributed by atoms with E-state index in [2.05, 4.69) is 10.3 Å². The zero-order chi connectivity index (χ0) is 24.0. The molecule has 0 fully saturated rings. The van der Waals surface area contributed by atoms with E-state index < -0.39 is 28.3 Å². The minimum atomic E-state index is -4.64. The summed E-state index contributed by atoms with van der Waals surface area (Å²) in [5.41, 5.74) is 1.25. The molecular formula is C24H21ClF3N3O2. The van der Waals surface area contributed by atoms with Crippen LogP contribution >= 0.6 is 11.6 Å². The predicted molar refractivity (Wildman–Crippen MR) is 122 cm³/mol. The fourth-order valence-corrected chi connectivity index (χ4v) is 3.96. The molecule has 2 aromatic carbocycles. The minimum absolute atomic E-state index is 0.0232. The van der Waals surface area contributed by atoms with E-state index >= 15 is 0 Å². The van der Waals surface area contributed by atoms with Gasteiger partial charge in [-0.1, -0.05) is 23.7 Å². The number of fused-ring (bicyclic) bond motifs is 1. The molecule has 0 bridgehead atoms. The molecule has 172 valence electrons. The molecule has 0 radical (unpaired) electrons. The Hall–Kier alpha value is -3.26. The van der Waals surface area contributed by atoms with E-state index in [9.17, 15) is 18.0 Å². The molecule has 3 aromatic rings. The van der Waals surface area contributed by atoms with Gasteiger partial charge in [0.1, 0.15) is 0 Å². The first-order valence-corrected chi connectivity index (χ1v) is 10.5. The fraction of sp³-hybridized carbons (Fsp3) is 0.250. The van der Waals surface area contributed by atoms with Crippen LogP contribution in [-0.4, -0.2) is 30.6 Å². The third kappa shape index (κ3) is 4.48. The first-order chi connectivity index (χ1) is 15.5. The largest absolute Gasteiger partial charge is 0.461 e. The number of ether oxygens (including phenoxy) is 1. The number of nitrogens with zero attached hydrogens (tertiary/aromatic N) is 2. The highest BCUT2D eigenvalue weighted by Crippen LogP contribution is 2.41. The standard InChI is InChI=1S/C24H21ClF3N3O2/c1-23(22(32)30-15-6-9-20(25)19(12-15)24(26,27)28)13-18-17(10-11-29-21(18)33-23)14-4-7-16(8-5-14)31(2)3/h4-12H,13H2,1-3H3,(H,30,32). The van der Waals surface area contributed by atoms with Crippen LogP contribution in [0.1, 0.15) is 18.1 Å². The summed E-state index contributed by atoms with van der Waals surface area (Å²) in [6.45, 7) is 1.59. The third-order valence-corrected chi connectivity index (χ3v) is 5.89. The molecule has 9 heteroatoms. The molecule has 33 heavy (non-hydrogen) atoms. The lowest BCUT2D eigenvalue weighted by atomic mass is 9.93. The van der Waals surface area contributed by atoms with E-state index in [1.54, 1.807) is 13.1 Å². The molecular weight excluding hydrogens is 455 g/mol. The molecule has 1 aromatic heterocycles. The fourth-order valence-electron chi connectivity index (χ4n) is 3.74. The van der Waals surface area contributed by atoms with Crippen molar-refractivity contribution in [3.05, 3.63) is 70.9 Å². The lowest BCUT2D eigenvalue weighted by Gasteiger charge is -2.22. The number of amides is 1. The van der Waals surface area contributed by atoms with E-state index in [4.69, 9.17) is 16.3 Å². The van der Waals surface area contributed by atoms with Gasteiger partial charge >= 0.3 is 6.18 Å². The molecule has 0 saturated heterocycles. The Kier molecular flexibility index (Phi) is 5.74. The summed E-state index contributed by atoms with van der Waals surface area (Å²) in [5.74, 6) is -0.251. The van der Waals surface area contributed by atoms with Crippen molar-refractivity contribution >= 4 is 28.9 Å². The van der Waals surface area contributed by atoms with Crippen LogP contribution in [0.25, 0.3) is 11.1 Å². The second kappa shape index (κ2) is 8.26. The summed E-state index contributed by atoms with van der Waals surface area (Å²) >= 11 is 5.67. The van der Waals surface area contributed by atoms with Gasteiger partial charge in [0.2, 0.25) is 5.88 Å². The average Bonchev–Trinajstić information content (AvgIpc) is 3.12. The van der Waals surface area contributed by atoms with Crippen molar-refractivity contribution < 1.29 is 22.7 Å². The number of alkyl halides is 3. The highest BCUT2D eigenvalue weighted by atomic mass is 35.5. The van der Waals surface area contributed by atoms with Crippen molar-refractivity contribution in [2.45, 2.75) is 25.1 Å².